The Morgan fingerprint density at radius 2 is 1.89 bits per heavy atom. The number of H-pyrrole nitrogens is 1. The average Bonchev–Trinajstić information content (AvgIpc) is 3.32. The van der Waals surface area contributed by atoms with E-state index in [1.807, 2.05) is 36.4 Å². The lowest BCUT2D eigenvalue weighted by atomic mass is 10.1. The Kier molecular flexibility index (Phi) is 11.0. The number of nitrogens with one attached hydrogen (secondary N) is 3. The number of aromatic amines is 1. The van der Waals surface area contributed by atoms with Crippen molar-refractivity contribution in [2.45, 2.75) is 39.2 Å². The van der Waals surface area contributed by atoms with Gasteiger partial charge in [-0.25, -0.2) is 10.3 Å². The van der Waals surface area contributed by atoms with Crippen LogP contribution in [0.25, 0.3) is 17.0 Å². The Labute approximate surface area is 212 Å². The first kappa shape index (κ1) is 27.0. The summed E-state index contributed by atoms with van der Waals surface area (Å²) in [5.74, 6) is -0.572. The third kappa shape index (κ3) is 8.87. The summed E-state index contributed by atoms with van der Waals surface area (Å²) in [4.78, 5) is 28.8. The quantitative estimate of drug-likeness (QED) is 0.113. The molecule has 0 saturated heterocycles. The summed E-state index contributed by atoms with van der Waals surface area (Å²) in [6.07, 6.45) is 8.62. The molecule has 2 aromatic carbocycles. The summed E-state index contributed by atoms with van der Waals surface area (Å²) in [6, 6.07) is 16.1. The van der Waals surface area contributed by atoms with Crippen molar-refractivity contribution in [1.29, 1.82) is 0 Å². The van der Waals surface area contributed by atoms with Crippen LogP contribution in [-0.2, 0) is 22.5 Å². The fourth-order valence-corrected chi connectivity index (χ4v) is 3.97. The second-order valence-corrected chi connectivity index (χ2v) is 8.71. The van der Waals surface area contributed by atoms with E-state index in [0.717, 1.165) is 48.9 Å². The van der Waals surface area contributed by atoms with Crippen molar-refractivity contribution in [2.24, 2.45) is 0 Å². The number of carbonyl (C=O) groups excluding carboxylic acids is 2. The first-order valence-corrected chi connectivity index (χ1v) is 12.5. The molecule has 36 heavy (non-hydrogen) atoms. The zero-order chi connectivity index (χ0) is 25.6. The lowest BCUT2D eigenvalue weighted by Crippen LogP contribution is -2.32. The third-order valence-electron chi connectivity index (χ3n) is 5.99. The van der Waals surface area contributed by atoms with Gasteiger partial charge in [-0.1, -0.05) is 62.2 Å². The Morgan fingerprint density at radius 1 is 1.08 bits per heavy atom. The van der Waals surface area contributed by atoms with Crippen molar-refractivity contribution in [3.05, 3.63) is 77.5 Å². The number of ether oxygens (including phenoxy) is 1. The zero-order valence-corrected chi connectivity index (χ0v) is 20.8. The topological polar surface area (TPSA) is 107 Å². The number of rotatable bonds is 14. The lowest BCUT2D eigenvalue weighted by molar-refractivity contribution is -0.124. The minimum atomic E-state index is -0.572. The SMILES string of the molecule is CCCCCNC(=O)OCCN(CCc1c[nH]c2ccccc12)Cc1ccc(/C=C/C(=O)NO)cc1. The minimum absolute atomic E-state index is 0.310. The van der Waals surface area contributed by atoms with Crippen molar-refractivity contribution in [3.63, 3.8) is 0 Å². The fourth-order valence-electron chi connectivity index (χ4n) is 3.97. The molecule has 0 atom stereocenters. The van der Waals surface area contributed by atoms with Crippen LogP contribution in [0.4, 0.5) is 4.79 Å². The molecule has 8 heteroatoms. The van der Waals surface area contributed by atoms with Gasteiger partial charge in [0.2, 0.25) is 0 Å². The van der Waals surface area contributed by atoms with E-state index in [-0.39, 0.29) is 6.09 Å². The van der Waals surface area contributed by atoms with Gasteiger partial charge in [0.15, 0.2) is 0 Å². The third-order valence-corrected chi connectivity index (χ3v) is 5.99. The Morgan fingerprint density at radius 3 is 2.67 bits per heavy atom. The number of hydrogen-bond donors (Lipinski definition) is 4. The van der Waals surface area contributed by atoms with Gasteiger partial charge in [-0.2, -0.15) is 0 Å². The van der Waals surface area contributed by atoms with Crippen LogP contribution in [0.15, 0.2) is 60.8 Å². The molecular formula is C28H36N4O4. The van der Waals surface area contributed by atoms with E-state index in [4.69, 9.17) is 9.94 Å². The highest BCUT2D eigenvalue weighted by atomic mass is 16.5. The Hall–Kier alpha value is -3.62. The first-order valence-electron chi connectivity index (χ1n) is 12.5. The largest absolute Gasteiger partial charge is 0.448 e. The van der Waals surface area contributed by atoms with E-state index in [1.165, 1.54) is 17.0 Å². The second-order valence-electron chi connectivity index (χ2n) is 8.71. The van der Waals surface area contributed by atoms with Crippen LogP contribution in [-0.4, -0.2) is 53.3 Å². The number of carbonyl (C=O) groups is 2. The predicted molar refractivity (Wildman–Crippen MR) is 142 cm³/mol. The average molecular weight is 493 g/mol. The summed E-state index contributed by atoms with van der Waals surface area (Å²) in [7, 11) is 0. The number of benzene rings is 2. The molecule has 8 nitrogen and oxygen atoms in total. The summed E-state index contributed by atoms with van der Waals surface area (Å²) in [6.45, 7) is 5.20. The van der Waals surface area contributed by atoms with Crippen LogP contribution in [0, 0.1) is 0 Å². The number of hydroxylamine groups is 1. The van der Waals surface area contributed by atoms with Gasteiger partial charge in [-0.3, -0.25) is 14.9 Å². The van der Waals surface area contributed by atoms with Gasteiger partial charge in [0.05, 0.1) is 0 Å². The van der Waals surface area contributed by atoms with Crippen molar-refractivity contribution in [1.82, 2.24) is 20.7 Å². The van der Waals surface area contributed by atoms with Gasteiger partial charge in [-0.05, 0) is 41.7 Å². The highest BCUT2D eigenvalue weighted by molar-refractivity contribution is 5.90. The monoisotopic (exact) mass is 492 g/mol. The molecule has 0 aliphatic carbocycles. The van der Waals surface area contributed by atoms with Crippen LogP contribution >= 0.6 is 0 Å². The van der Waals surface area contributed by atoms with Crippen molar-refractivity contribution in [2.75, 3.05) is 26.2 Å². The fraction of sp³-hybridized carbons (Fsp3) is 0.357. The standard InChI is InChI=1S/C28H36N4O4/c1-2-3-6-16-29-28(34)36-19-18-32(17-15-24-20-30-26-8-5-4-7-25(24)26)21-23-11-9-22(10-12-23)13-14-27(33)31-35/h4-5,7-14,20,30,35H,2-3,6,15-19,21H2,1H3,(H,29,34)(H,31,33)/b14-13+. The van der Waals surface area contributed by atoms with Crippen LogP contribution in [0.2, 0.25) is 0 Å². The van der Waals surface area contributed by atoms with Gasteiger partial charge >= 0.3 is 6.09 Å². The maximum Gasteiger partial charge on any atom is 0.407 e. The molecule has 0 radical (unpaired) electrons. The summed E-state index contributed by atoms with van der Waals surface area (Å²) < 4.78 is 5.42. The van der Waals surface area contributed by atoms with E-state index in [0.29, 0.717) is 26.2 Å². The molecule has 4 N–H and O–H groups in total. The maximum absolute atomic E-state index is 12.0. The normalized spacial score (nSPS) is 11.3. The molecule has 3 aromatic rings. The molecule has 1 aromatic heterocycles. The molecule has 0 aliphatic rings. The highest BCUT2D eigenvalue weighted by Gasteiger charge is 2.11. The van der Waals surface area contributed by atoms with Gasteiger partial charge in [-0.15, -0.1) is 0 Å². The molecule has 0 saturated carbocycles. The van der Waals surface area contributed by atoms with Crippen molar-refractivity contribution >= 4 is 29.0 Å². The summed E-state index contributed by atoms with van der Waals surface area (Å²) in [5, 5.41) is 12.6. The van der Waals surface area contributed by atoms with Gasteiger partial charge in [0, 0.05) is 49.4 Å². The van der Waals surface area contributed by atoms with Crippen molar-refractivity contribution in [3.8, 4) is 0 Å². The Bertz CT molecular complexity index is 1120. The number of para-hydroxylation sites is 1. The zero-order valence-electron chi connectivity index (χ0n) is 20.8. The van der Waals surface area contributed by atoms with Crippen molar-refractivity contribution < 1.29 is 19.5 Å². The summed E-state index contributed by atoms with van der Waals surface area (Å²) in [5.41, 5.74) is 5.93. The molecule has 0 spiro atoms. The first-order chi connectivity index (χ1) is 17.6. The van der Waals surface area contributed by atoms with E-state index in [1.54, 1.807) is 11.6 Å². The molecule has 1 heterocycles. The Balaban J connectivity index is 1.58. The molecule has 3 rings (SSSR count). The molecule has 0 fully saturated rings. The molecule has 0 bridgehead atoms. The van der Waals surface area contributed by atoms with E-state index >= 15 is 0 Å². The molecule has 2 amide bonds. The van der Waals surface area contributed by atoms with Gasteiger partial charge in [0.25, 0.3) is 5.91 Å². The second kappa shape index (κ2) is 14.7. The molecule has 192 valence electrons. The van der Waals surface area contributed by atoms with Gasteiger partial charge in [0.1, 0.15) is 6.61 Å². The van der Waals surface area contributed by atoms with Crippen LogP contribution in [0.3, 0.4) is 0 Å². The number of fused-ring (bicyclic) bond motifs is 1. The van der Waals surface area contributed by atoms with Crippen LogP contribution in [0.5, 0.6) is 0 Å². The van der Waals surface area contributed by atoms with Crippen LogP contribution in [0.1, 0.15) is 42.9 Å². The molecule has 0 unspecified atom stereocenters. The smallest absolute Gasteiger partial charge is 0.407 e. The number of nitrogens with zero attached hydrogens (tertiary/aromatic N) is 1. The number of unbranched alkanes of at least 4 members (excludes halogenated alkanes) is 2. The minimum Gasteiger partial charge on any atom is -0.448 e. The van der Waals surface area contributed by atoms with Gasteiger partial charge < -0.3 is 15.0 Å². The van der Waals surface area contributed by atoms with E-state index < -0.39 is 5.91 Å². The number of alkyl carbamates (subject to hydrolysis) is 1. The number of aromatic nitrogens is 1. The predicted octanol–water partition coefficient (Wildman–Crippen LogP) is 4.65. The highest BCUT2D eigenvalue weighted by Crippen LogP contribution is 2.19. The number of hydrogen-bond acceptors (Lipinski definition) is 5. The maximum atomic E-state index is 12.0. The summed E-state index contributed by atoms with van der Waals surface area (Å²) >= 11 is 0. The van der Waals surface area contributed by atoms with Crippen LogP contribution < -0.4 is 10.8 Å². The molecular weight excluding hydrogens is 456 g/mol. The number of amides is 2. The molecule has 0 aliphatic heterocycles. The lowest BCUT2D eigenvalue weighted by Gasteiger charge is -2.22. The van der Waals surface area contributed by atoms with E-state index in [9.17, 15) is 9.59 Å². The van der Waals surface area contributed by atoms with E-state index in [2.05, 4.69) is 40.5 Å².